The SMILES string of the molecule is [B]=C1N(C)c2cnc(Nc3ccc(C(=O)NC4CC(C)(C)N5CC5(C)C4)cc3OC)nc2N(C2CCCC2)CC1(C)C. The van der Waals surface area contributed by atoms with E-state index in [1.165, 1.54) is 12.8 Å². The molecule has 10 heteroatoms. The van der Waals surface area contributed by atoms with Gasteiger partial charge in [0.2, 0.25) is 0 Å². The molecule has 0 spiro atoms. The van der Waals surface area contributed by atoms with Crippen molar-refractivity contribution in [3.05, 3.63) is 30.0 Å². The van der Waals surface area contributed by atoms with Crippen LogP contribution in [0.3, 0.4) is 0 Å². The molecule has 42 heavy (non-hydrogen) atoms. The van der Waals surface area contributed by atoms with Gasteiger partial charge in [-0.1, -0.05) is 0 Å². The molecule has 3 atom stereocenters. The first-order chi connectivity index (χ1) is 19.8. The Bertz CT molecular complexity index is 1410. The number of rotatable bonds is 6. The number of ether oxygens (including phenoxy) is 1. The topological polar surface area (TPSA) is 85.6 Å². The molecule has 2 N–H and O–H groups in total. The van der Waals surface area contributed by atoms with Crippen molar-refractivity contribution in [2.45, 2.75) is 96.3 Å². The number of hydrogen-bond donors (Lipinski definition) is 2. The fourth-order valence-corrected chi connectivity index (χ4v) is 7.73. The van der Waals surface area contributed by atoms with Crippen LogP contribution in [0, 0.1) is 5.41 Å². The minimum absolute atomic E-state index is 0.0775. The molecule has 4 heterocycles. The van der Waals surface area contributed by atoms with Crippen LogP contribution in [0.4, 0.5) is 23.1 Å². The molecule has 3 fully saturated rings. The predicted molar refractivity (Wildman–Crippen MR) is 171 cm³/mol. The molecule has 3 aliphatic heterocycles. The first-order valence-electron chi connectivity index (χ1n) is 15.4. The summed E-state index contributed by atoms with van der Waals surface area (Å²) in [7, 11) is 10.3. The third-order valence-electron chi connectivity index (χ3n) is 10.0. The number of carbonyl (C=O) groups is 1. The number of anilines is 4. The van der Waals surface area contributed by atoms with Gasteiger partial charge in [0.05, 0.1) is 0 Å². The van der Waals surface area contributed by atoms with Gasteiger partial charge in [0.25, 0.3) is 0 Å². The van der Waals surface area contributed by atoms with Gasteiger partial charge in [0.1, 0.15) is 0 Å². The standard InChI is InChI=1S/C32H45BN7O2/c1-30(2)18-39(22-10-8-9-11-22)26-24(38(6)28(30)33)17-34-29(37-26)36-23-13-12-20(14-25(23)42-7)27(41)35-21-15-31(3,4)40-19-32(40,5)16-21/h12-14,17,21-22H,8-11,15-16,18-19H2,1-7H3,(H,35,41)(H,34,36,37). The normalized spacial score (nSPS) is 28.0. The van der Waals surface area contributed by atoms with Crippen LogP contribution in [0.5, 0.6) is 5.75 Å². The molecule has 9 nitrogen and oxygen atoms in total. The van der Waals surface area contributed by atoms with Crippen LogP contribution in [0.2, 0.25) is 0 Å². The van der Waals surface area contributed by atoms with E-state index in [0.717, 1.165) is 55.9 Å². The fraction of sp³-hybridized carbons (Fsp3) is 0.625. The number of nitrogens with one attached hydrogen (secondary N) is 2. The monoisotopic (exact) mass is 570 g/mol. The van der Waals surface area contributed by atoms with Crippen molar-refractivity contribution in [1.82, 2.24) is 20.2 Å². The zero-order valence-electron chi connectivity index (χ0n) is 26.3. The third kappa shape index (κ3) is 5.16. The molecule has 6 rings (SSSR count). The van der Waals surface area contributed by atoms with E-state index in [4.69, 9.17) is 17.2 Å². The van der Waals surface area contributed by atoms with Gasteiger partial charge in [-0.05, 0) is 33.6 Å². The number of hydrogen-bond acceptors (Lipinski definition) is 8. The molecule has 1 amide bonds. The number of piperidine rings is 1. The van der Waals surface area contributed by atoms with Gasteiger partial charge < -0.3 is 5.32 Å². The Morgan fingerprint density at radius 2 is 1.83 bits per heavy atom. The summed E-state index contributed by atoms with van der Waals surface area (Å²) in [6.07, 6.45) is 8.53. The molecule has 1 aromatic carbocycles. The van der Waals surface area contributed by atoms with Crippen LogP contribution in [0.1, 0.15) is 83.5 Å². The Morgan fingerprint density at radius 1 is 1.10 bits per heavy atom. The first-order valence-corrected chi connectivity index (χ1v) is 15.4. The number of benzene rings is 1. The number of nitrogens with zero attached hydrogens (tertiary/aromatic N) is 5. The Hall–Kier alpha value is -3.14. The van der Waals surface area contributed by atoms with Crippen LogP contribution in [0.15, 0.2) is 24.4 Å². The Morgan fingerprint density at radius 3 is 2.52 bits per heavy atom. The Balaban J connectivity index is 1.23. The van der Waals surface area contributed by atoms with E-state index in [-0.39, 0.29) is 28.4 Å². The molecule has 1 aliphatic carbocycles. The number of methoxy groups -OCH3 is 1. The molecule has 2 saturated heterocycles. The second-order valence-electron chi connectivity index (χ2n) is 14.3. The van der Waals surface area contributed by atoms with Crippen molar-refractivity contribution in [3.63, 3.8) is 0 Å². The molecule has 4 aliphatic rings. The molecular weight excluding hydrogens is 525 g/mol. The van der Waals surface area contributed by atoms with E-state index in [1.54, 1.807) is 13.2 Å². The summed E-state index contributed by atoms with van der Waals surface area (Å²) in [6.45, 7) is 13.1. The van der Waals surface area contributed by atoms with Gasteiger partial charge in [0, 0.05) is 23.7 Å². The number of carbonyl (C=O) groups excluding carboxylic acids is 1. The molecular formula is C32H45BN7O2. The van der Waals surface area contributed by atoms with Crippen LogP contribution in [-0.2, 0) is 0 Å². The van der Waals surface area contributed by atoms with Crippen molar-refractivity contribution in [1.29, 1.82) is 0 Å². The van der Waals surface area contributed by atoms with Gasteiger partial charge in [-0.15, -0.1) is 0 Å². The van der Waals surface area contributed by atoms with E-state index in [9.17, 15) is 4.79 Å². The van der Waals surface area contributed by atoms with Crippen LogP contribution >= 0.6 is 0 Å². The molecule has 2 aromatic rings. The van der Waals surface area contributed by atoms with Crippen molar-refractivity contribution in [2.75, 3.05) is 42.4 Å². The summed E-state index contributed by atoms with van der Waals surface area (Å²) < 4.78 is 5.72. The average Bonchev–Trinajstić information content (AvgIpc) is 3.38. The summed E-state index contributed by atoms with van der Waals surface area (Å²) in [5.74, 6) is 1.86. The van der Waals surface area contributed by atoms with Crippen molar-refractivity contribution < 1.29 is 9.53 Å². The number of amides is 1. The first kappa shape index (κ1) is 29.0. The average molecular weight is 571 g/mol. The van der Waals surface area contributed by atoms with Gasteiger partial charge in [-0.25, -0.2) is 0 Å². The predicted octanol–water partition coefficient (Wildman–Crippen LogP) is 4.50. The molecule has 1 radical (unpaired) electrons. The molecule has 223 valence electrons. The number of aromatic nitrogens is 2. The van der Waals surface area contributed by atoms with E-state index in [1.807, 2.05) is 30.3 Å². The van der Waals surface area contributed by atoms with Crippen molar-refractivity contribution in [2.24, 2.45) is 5.41 Å². The summed E-state index contributed by atoms with van der Waals surface area (Å²) in [5.41, 5.74) is 3.06. The van der Waals surface area contributed by atoms with Crippen LogP contribution < -0.4 is 25.2 Å². The molecule has 3 unspecified atom stereocenters. The van der Waals surface area contributed by atoms with Gasteiger partial charge in [-0.3, -0.25) is 9.69 Å². The van der Waals surface area contributed by atoms with Crippen molar-refractivity contribution >= 4 is 42.1 Å². The maximum atomic E-state index is 13.3. The second-order valence-corrected chi connectivity index (χ2v) is 14.3. The summed E-state index contributed by atoms with van der Waals surface area (Å²) >= 11 is 0. The summed E-state index contributed by atoms with van der Waals surface area (Å²) in [6, 6.07) is 6.06. The van der Waals surface area contributed by atoms with Gasteiger partial charge in [-0.2, -0.15) is 0 Å². The minimum atomic E-state index is -0.214. The van der Waals surface area contributed by atoms with Crippen LogP contribution in [0.25, 0.3) is 0 Å². The Labute approximate surface area is 251 Å². The molecule has 1 aromatic heterocycles. The second kappa shape index (κ2) is 10.2. The fourth-order valence-electron chi connectivity index (χ4n) is 7.73. The van der Waals surface area contributed by atoms with E-state index < -0.39 is 0 Å². The maximum absolute atomic E-state index is 13.3. The van der Waals surface area contributed by atoms with E-state index >= 15 is 0 Å². The molecule has 0 bridgehead atoms. The molecule has 1 saturated carbocycles. The number of fused-ring (bicyclic) bond motifs is 2. The van der Waals surface area contributed by atoms with Crippen LogP contribution in [-0.4, -0.2) is 84.3 Å². The van der Waals surface area contributed by atoms with Gasteiger partial charge >= 0.3 is 179 Å². The van der Waals surface area contributed by atoms with E-state index in [2.05, 4.69) is 60.0 Å². The third-order valence-corrected chi connectivity index (χ3v) is 10.0. The Kier molecular flexibility index (Phi) is 7.07. The zero-order chi connectivity index (χ0) is 30.0. The van der Waals surface area contributed by atoms with Gasteiger partial charge in [0.15, 0.2) is 0 Å². The zero-order valence-corrected chi connectivity index (χ0v) is 26.3. The summed E-state index contributed by atoms with van der Waals surface area (Å²) in [4.78, 5) is 30.0. The quantitative estimate of drug-likeness (QED) is 0.388. The van der Waals surface area contributed by atoms with Crippen molar-refractivity contribution in [3.8, 4) is 5.75 Å². The van der Waals surface area contributed by atoms with E-state index in [0.29, 0.717) is 29.0 Å². The summed E-state index contributed by atoms with van der Waals surface area (Å²) in [5, 5.41) is 6.65.